The Morgan fingerprint density at radius 3 is 2.23 bits per heavy atom. The molecule has 0 bridgehead atoms. The van der Waals surface area contributed by atoms with E-state index >= 15 is 4.39 Å². The molecule has 1 aliphatic carbocycles. The molecule has 3 aromatic rings. The van der Waals surface area contributed by atoms with Crippen molar-refractivity contribution >= 4 is 25.3 Å². The number of nitrogens with zero attached hydrogens (tertiary/aromatic N) is 4. The summed E-state index contributed by atoms with van der Waals surface area (Å²) in [5.74, 6) is -1.41. The molecule has 9 nitrogen and oxygen atoms in total. The quantitative estimate of drug-likeness (QED) is 0.180. The van der Waals surface area contributed by atoms with Gasteiger partial charge in [0.05, 0.1) is 39.8 Å². The van der Waals surface area contributed by atoms with Crippen LogP contribution in [0.4, 0.5) is 31.1 Å². The summed E-state index contributed by atoms with van der Waals surface area (Å²) in [7, 11) is -2.20. The molecule has 294 valence electrons. The van der Waals surface area contributed by atoms with E-state index in [0.29, 0.717) is 12.8 Å². The first-order chi connectivity index (χ1) is 24.1. The third kappa shape index (κ3) is 8.48. The number of carbonyl (C=O) groups is 1. The maximum atomic E-state index is 15.5. The smallest absolute Gasteiger partial charge is 0.418 e. The van der Waals surface area contributed by atoms with E-state index in [4.69, 9.17) is 13.9 Å². The van der Waals surface area contributed by atoms with Crippen LogP contribution in [0.2, 0.25) is 18.1 Å². The van der Waals surface area contributed by atoms with E-state index in [1.807, 2.05) is 6.92 Å². The van der Waals surface area contributed by atoms with Gasteiger partial charge >= 0.3 is 12.3 Å². The van der Waals surface area contributed by atoms with Gasteiger partial charge in [-0.15, -0.1) is 5.10 Å². The third-order valence-electron chi connectivity index (χ3n) is 10.7. The van der Waals surface area contributed by atoms with Gasteiger partial charge in [-0.05, 0) is 83.8 Å². The SMILES string of the molecule is C[C@H]1C[C@](O)(c2ccc(C(F)F)nc2)C[C@@H](COc2cc(C(F)(F)F)c3c(c2)c(F)nn3C2CC(C)(O[Si](C)(C)C(C)(C)C)C2)N1C(=O)OC(C)(C)C. The Hall–Kier alpha value is -3.37. The number of ether oxygens (including phenoxy) is 2. The maximum absolute atomic E-state index is 15.5. The molecule has 1 saturated heterocycles. The molecule has 1 aliphatic heterocycles. The van der Waals surface area contributed by atoms with Crippen molar-refractivity contribution in [1.82, 2.24) is 19.7 Å². The van der Waals surface area contributed by atoms with E-state index in [2.05, 4.69) is 43.9 Å². The Balaban J connectivity index is 1.45. The third-order valence-corrected chi connectivity index (χ3v) is 15.3. The second kappa shape index (κ2) is 13.7. The Morgan fingerprint density at radius 2 is 1.70 bits per heavy atom. The molecule has 1 amide bonds. The van der Waals surface area contributed by atoms with Crippen LogP contribution in [0.15, 0.2) is 30.5 Å². The molecule has 0 spiro atoms. The van der Waals surface area contributed by atoms with E-state index < -0.39 is 91.3 Å². The highest BCUT2D eigenvalue weighted by Gasteiger charge is 2.51. The maximum Gasteiger partial charge on any atom is 0.418 e. The van der Waals surface area contributed by atoms with Crippen molar-refractivity contribution in [1.29, 1.82) is 0 Å². The first kappa shape index (κ1) is 40.8. The molecule has 2 aliphatic rings. The van der Waals surface area contributed by atoms with E-state index in [0.717, 1.165) is 29.1 Å². The number of hydrogen-bond acceptors (Lipinski definition) is 7. The van der Waals surface area contributed by atoms with Crippen LogP contribution in [-0.2, 0) is 20.9 Å². The van der Waals surface area contributed by atoms with E-state index in [9.17, 15) is 31.9 Å². The lowest BCUT2D eigenvalue weighted by Gasteiger charge is -2.51. The molecule has 16 heteroatoms. The van der Waals surface area contributed by atoms with Gasteiger partial charge in [0.1, 0.15) is 23.7 Å². The van der Waals surface area contributed by atoms with Gasteiger partial charge in [-0.25, -0.2) is 13.6 Å². The second-order valence-corrected chi connectivity index (χ2v) is 22.1. The van der Waals surface area contributed by atoms with Gasteiger partial charge in [-0.2, -0.15) is 17.6 Å². The number of fused-ring (bicyclic) bond motifs is 1. The zero-order chi connectivity index (χ0) is 39.7. The minimum absolute atomic E-state index is 0.0197. The Labute approximate surface area is 307 Å². The van der Waals surface area contributed by atoms with Gasteiger partial charge in [-0.3, -0.25) is 14.6 Å². The Morgan fingerprint density at radius 1 is 1.06 bits per heavy atom. The Bertz CT molecular complexity index is 1820. The molecule has 1 saturated carbocycles. The van der Waals surface area contributed by atoms with Crippen LogP contribution < -0.4 is 4.74 Å². The molecule has 3 heterocycles. The molecule has 2 aromatic heterocycles. The number of pyridine rings is 1. The minimum Gasteiger partial charge on any atom is -0.491 e. The molecule has 1 aromatic carbocycles. The van der Waals surface area contributed by atoms with E-state index in [-0.39, 0.29) is 34.6 Å². The fourth-order valence-electron chi connectivity index (χ4n) is 7.28. The standard InChI is InChI=1S/C37H50F6N4O5Si/c1-21-15-36(49,22-11-12-28(30(38)39)44-19-22)18-24(46(21)32(48)51-33(2,3)4)20-50-25-13-26-29(27(14-25)37(41,42)43)47(45-31(26)40)23-16-35(8,17-23)52-53(9,10)34(5,6)7/h11-14,19,21,23-24,30,49H,15-18,20H2,1-10H3/t21-,23?,24-,35?,36+/m0/s1. The first-order valence-corrected chi connectivity index (χ1v) is 20.6. The van der Waals surface area contributed by atoms with Gasteiger partial charge in [0.2, 0.25) is 5.95 Å². The topological polar surface area (TPSA) is 98.9 Å². The van der Waals surface area contributed by atoms with Crippen LogP contribution in [0.3, 0.4) is 0 Å². The highest BCUT2D eigenvalue weighted by Crippen LogP contribution is 2.51. The number of likely N-dealkylation sites (tertiary alicyclic amines) is 1. The monoisotopic (exact) mass is 772 g/mol. The second-order valence-electron chi connectivity index (χ2n) is 17.4. The molecule has 53 heavy (non-hydrogen) atoms. The van der Waals surface area contributed by atoms with Crippen molar-refractivity contribution in [2.24, 2.45) is 0 Å². The average Bonchev–Trinajstić information content (AvgIpc) is 3.31. The molecule has 3 atom stereocenters. The number of halogens is 6. The van der Waals surface area contributed by atoms with Crippen LogP contribution in [0.25, 0.3) is 10.9 Å². The lowest BCUT2D eigenvalue weighted by molar-refractivity contribution is -0.136. The van der Waals surface area contributed by atoms with Crippen molar-refractivity contribution in [3.8, 4) is 5.75 Å². The highest BCUT2D eigenvalue weighted by molar-refractivity contribution is 6.74. The summed E-state index contributed by atoms with van der Waals surface area (Å²) in [4.78, 5) is 18.6. The molecule has 0 unspecified atom stereocenters. The van der Waals surface area contributed by atoms with Crippen LogP contribution in [0, 0.1) is 5.95 Å². The van der Waals surface area contributed by atoms with E-state index in [1.54, 1.807) is 27.7 Å². The fourth-order valence-corrected chi connectivity index (χ4v) is 8.98. The minimum atomic E-state index is -4.91. The number of piperidine rings is 1. The van der Waals surface area contributed by atoms with Crippen molar-refractivity contribution in [2.75, 3.05) is 6.61 Å². The van der Waals surface area contributed by atoms with Crippen molar-refractivity contribution in [2.45, 2.75) is 147 Å². The first-order valence-electron chi connectivity index (χ1n) is 17.7. The summed E-state index contributed by atoms with van der Waals surface area (Å²) in [5, 5.41) is 15.3. The number of aliphatic hydroxyl groups is 1. The summed E-state index contributed by atoms with van der Waals surface area (Å²) >= 11 is 0. The number of benzene rings is 1. The van der Waals surface area contributed by atoms with Gasteiger partial charge in [-0.1, -0.05) is 26.8 Å². The molecule has 1 N–H and O–H groups in total. The Kier molecular flexibility index (Phi) is 10.6. The number of carbonyl (C=O) groups excluding carboxylic acids is 1. The van der Waals surface area contributed by atoms with Gasteiger partial charge < -0.3 is 19.0 Å². The van der Waals surface area contributed by atoms with E-state index in [1.165, 1.54) is 11.0 Å². The average molecular weight is 773 g/mol. The highest BCUT2D eigenvalue weighted by atomic mass is 28.4. The zero-order valence-corrected chi connectivity index (χ0v) is 32.9. The normalized spacial score (nSPS) is 25.8. The van der Waals surface area contributed by atoms with Crippen molar-refractivity contribution in [3.05, 3.63) is 53.2 Å². The lowest BCUT2D eigenvalue weighted by atomic mass is 9.77. The predicted molar refractivity (Wildman–Crippen MR) is 189 cm³/mol. The number of hydrogen-bond donors (Lipinski definition) is 1. The van der Waals surface area contributed by atoms with Crippen molar-refractivity contribution < 1.29 is 50.1 Å². The summed E-state index contributed by atoms with van der Waals surface area (Å²) < 4.78 is 105. The van der Waals surface area contributed by atoms with Gasteiger partial charge in [0.25, 0.3) is 6.43 Å². The molecular weight excluding hydrogens is 723 g/mol. The van der Waals surface area contributed by atoms with Crippen LogP contribution in [-0.4, -0.2) is 69.1 Å². The summed E-state index contributed by atoms with van der Waals surface area (Å²) in [6.45, 7) is 18.7. The summed E-state index contributed by atoms with van der Waals surface area (Å²) in [6.07, 6.45) is -6.83. The summed E-state index contributed by atoms with van der Waals surface area (Å²) in [5.41, 5.74) is -4.96. The number of rotatable bonds is 8. The fraction of sp³-hybridized carbons (Fsp3) is 0.649. The van der Waals surface area contributed by atoms with Crippen LogP contribution in [0.5, 0.6) is 5.75 Å². The van der Waals surface area contributed by atoms with Gasteiger partial charge in [0.15, 0.2) is 8.32 Å². The molecule has 5 rings (SSSR count). The molecular formula is C37H50F6N4O5Si. The molecule has 0 radical (unpaired) electrons. The number of alkyl halides is 5. The van der Waals surface area contributed by atoms with Gasteiger partial charge in [0, 0.05) is 30.6 Å². The number of amides is 1. The number of aromatic nitrogens is 3. The molecule has 2 fully saturated rings. The van der Waals surface area contributed by atoms with Crippen LogP contribution >= 0.6 is 0 Å². The van der Waals surface area contributed by atoms with Crippen LogP contribution in [0.1, 0.15) is 110 Å². The summed E-state index contributed by atoms with van der Waals surface area (Å²) in [6, 6.07) is 2.17. The predicted octanol–water partition coefficient (Wildman–Crippen LogP) is 9.70. The zero-order valence-electron chi connectivity index (χ0n) is 31.9. The lowest BCUT2D eigenvalue weighted by Crippen LogP contribution is -2.58. The van der Waals surface area contributed by atoms with Crippen molar-refractivity contribution in [3.63, 3.8) is 0 Å². The largest absolute Gasteiger partial charge is 0.491 e.